The minimum Gasteiger partial charge on any atom is -0.508 e. The summed E-state index contributed by atoms with van der Waals surface area (Å²) in [5.74, 6) is 2.38. The number of allylic oxidation sites excluding steroid dienone is 12. The van der Waals surface area contributed by atoms with Crippen LogP contribution in [0.5, 0.6) is 5.75 Å². The standard InChI is InChI=1S/C37H32O/c38-33-17-15-26(16-18-33)31-21-34(27-11-5-2-6-12-27)36(24-31)37-23-30(25-9-3-1-4-10-25)22-35(37)32-19-28-13-7-8-14-29(28)20-32/h1-19,21-23,28-30,34,36,38H,20,24H2. The first kappa shape index (κ1) is 23.0. The number of hydrogen-bond donors (Lipinski definition) is 1. The molecule has 1 N–H and O–H groups in total. The Morgan fingerprint density at radius 3 is 2.05 bits per heavy atom. The zero-order chi connectivity index (χ0) is 25.5. The molecular formula is C37H32O. The van der Waals surface area contributed by atoms with Gasteiger partial charge in [0.15, 0.2) is 0 Å². The molecule has 0 fully saturated rings. The van der Waals surface area contributed by atoms with Crippen molar-refractivity contribution in [2.45, 2.75) is 24.7 Å². The van der Waals surface area contributed by atoms with E-state index in [1.54, 1.807) is 12.1 Å². The van der Waals surface area contributed by atoms with Gasteiger partial charge >= 0.3 is 0 Å². The molecule has 0 spiro atoms. The lowest BCUT2D eigenvalue weighted by Gasteiger charge is -2.24. The Labute approximate surface area is 225 Å². The first-order valence-corrected chi connectivity index (χ1v) is 13.8. The zero-order valence-electron chi connectivity index (χ0n) is 21.4. The van der Waals surface area contributed by atoms with Gasteiger partial charge in [-0.2, -0.15) is 0 Å². The Morgan fingerprint density at radius 2 is 1.32 bits per heavy atom. The second-order valence-corrected chi connectivity index (χ2v) is 11.0. The van der Waals surface area contributed by atoms with Crippen molar-refractivity contribution in [3.8, 4) is 5.75 Å². The molecule has 1 heteroatoms. The third-order valence-corrected chi connectivity index (χ3v) is 8.77. The molecule has 0 aromatic heterocycles. The van der Waals surface area contributed by atoms with Gasteiger partial charge in [-0.15, -0.1) is 0 Å². The third-order valence-electron chi connectivity index (χ3n) is 8.77. The smallest absolute Gasteiger partial charge is 0.115 e. The van der Waals surface area contributed by atoms with Crippen molar-refractivity contribution in [3.05, 3.63) is 167 Å². The summed E-state index contributed by atoms with van der Waals surface area (Å²) in [6, 6.07) is 29.6. The molecular weight excluding hydrogens is 460 g/mol. The predicted octanol–water partition coefficient (Wildman–Crippen LogP) is 8.92. The average molecular weight is 493 g/mol. The molecule has 4 aliphatic carbocycles. The molecule has 0 saturated heterocycles. The quantitative estimate of drug-likeness (QED) is 0.377. The fraction of sp³-hybridized carbons (Fsp3) is 0.189. The maximum atomic E-state index is 9.88. The number of rotatable bonds is 5. The Morgan fingerprint density at radius 1 is 0.605 bits per heavy atom. The highest BCUT2D eigenvalue weighted by Gasteiger charge is 2.38. The summed E-state index contributed by atoms with van der Waals surface area (Å²) in [6.45, 7) is 0. The van der Waals surface area contributed by atoms with Gasteiger partial charge in [0, 0.05) is 17.8 Å². The van der Waals surface area contributed by atoms with Crippen LogP contribution in [-0.4, -0.2) is 5.11 Å². The lowest BCUT2D eigenvalue weighted by molar-refractivity contribution is 0.475. The largest absolute Gasteiger partial charge is 0.508 e. The summed E-state index contributed by atoms with van der Waals surface area (Å²) in [5.41, 5.74) is 9.76. The monoisotopic (exact) mass is 492 g/mol. The van der Waals surface area contributed by atoms with Gasteiger partial charge in [-0.05, 0) is 75.8 Å². The maximum Gasteiger partial charge on any atom is 0.115 e. The summed E-state index contributed by atoms with van der Waals surface area (Å²) < 4.78 is 0. The van der Waals surface area contributed by atoms with Crippen molar-refractivity contribution < 1.29 is 5.11 Å². The van der Waals surface area contributed by atoms with Crippen molar-refractivity contribution in [2.24, 2.45) is 17.8 Å². The topological polar surface area (TPSA) is 20.2 Å². The third kappa shape index (κ3) is 4.23. The van der Waals surface area contributed by atoms with E-state index in [2.05, 4.69) is 121 Å². The Balaban J connectivity index is 1.31. The first-order valence-electron chi connectivity index (χ1n) is 13.8. The van der Waals surface area contributed by atoms with Gasteiger partial charge < -0.3 is 5.11 Å². The van der Waals surface area contributed by atoms with Gasteiger partial charge in [-0.3, -0.25) is 0 Å². The van der Waals surface area contributed by atoms with Crippen LogP contribution in [0, 0.1) is 17.8 Å². The van der Waals surface area contributed by atoms with Crippen molar-refractivity contribution in [1.29, 1.82) is 0 Å². The zero-order valence-corrected chi connectivity index (χ0v) is 21.4. The van der Waals surface area contributed by atoms with Crippen molar-refractivity contribution in [3.63, 3.8) is 0 Å². The first-order chi connectivity index (χ1) is 18.7. The number of fused-ring (bicyclic) bond motifs is 1. The van der Waals surface area contributed by atoms with E-state index in [0.29, 0.717) is 35.3 Å². The Bertz CT molecular complexity index is 1510. The molecule has 0 bridgehead atoms. The van der Waals surface area contributed by atoms with E-state index in [9.17, 15) is 5.11 Å². The van der Waals surface area contributed by atoms with Crippen LogP contribution >= 0.6 is 0 Å². The number of phenols is 1. The van der Waals surface area contributed by atoms with Gasteiger partial charge in [0.1, 0.15) is 5.75 Å². The molecule has 5 unspecified atom stereocenters. The number of benzene rings is 3. The van der Waals surface area contributed by atoms with E-state index >= 15 is 0 Å². The van der Waals surface area contributed by atoms with Crippen LogP contribution in [0.4, 0.5) is 0 Å². The second kappa shape index (κ2) is 9.65. The highest BCUT2D eigenvalue weighted by molar-refractivity contribution is 5.72. The molecule has 5 atom stereocenters. The van der Waals surface area contributed by atoms with Crippen molar-refractivity contribution in [1.82, 2.24) is 0 Å². The van der Waals surface area contributed by atoms with E-state index in [4.69, 9.17) is 0 Å². The molecule has 38 heavy (non-hydrogen) atoms. The molecule has 1 nitrogen and oxygen atoms in total. The van der Waals surface area contributed by atoms with Crippen LogP contribution in [0.2, 0.25) is 0 Å². The number of aromatic hydroxyl groups is 1. The Kier molecular flexibility index (Phi) is 5.85. The van der Waals surface area contributed by atoms with Gasteiger partial charge in [0.25, 0.3) is 0 Å². The summed E-state index contributed by atoms with van der Waals surface area (Å²) in [7, 11) is 0. The van der Waals surface area contributed by atoms with Gasteiger partial charge in [0.2, 0.25) is 0 Å². The molecule has 186 valence electrons. The van der Waals surface area contributed by atoms with Gasteiger partial charge in [-0.25, -0.2) is 0 Å². The van der Waals surface area contributed by atoms with Crippen molar-refractivity contribution in [2.75, 3.05) is 0 Å². The minimum atomic E-state index is 0.296. The van der Waals surface area contributed by atoms with E-state index in [1.165, 1.54) is 39.0 Å². The SMILES string of the molecule is Oc1ccc(C2=CC(c3ccccc3)C(C3=CC(c4ccccc4)C=C3C3=CC4C=CC=CC4C3)C2)cc1. The van der Waals surface area contributed by atoms with Crippen LogP contribution in [0.1, 0.15) is 41.4 Å². The summed E-state index contributed by atoms with van der Waals surface area (Å²) in [5, 5.41) is 9.88. The van der Waals surface area contributed by atoms with Crippen LogP contribution in [0.15, 0.2) is 150 Å². The summed E-state index contributed by atoms with van der Waals surface area (Å²) >= 11 is 0. The summed E-state index contributed by atoms with van der Waals surface area (Å²) in [4.78, 5) is 0. The predicted molar refractivity (Wildman–Crippen MR) is 157 cm³/mol. The normalized spacial score (nSPS) is 27.5. The number of phenolic OH excluding ortho intramolecular Hbond substituents is 1. The van der Waals surface area contributed by atoms with Gasteiger partial charge in [0.05, 0.1) is 0 Å². The van der Waals surface area contributed by atoms with E-state index in [-0.39, 0.29) is 0 Å². The maximum absolute atomic E-state index is 9.88. The van der Waals surface area contributed by atoms with E-state index < -0.39 is 0 Å². The number of hydrogen-bond acceptors (Lipinski definition) is 1. The highest BCUT2D eigenvalue weighted by atomic mass is 16.3. The second-order valence-electron chi connectivity index (χ2n) is 11.0. The highest BCUT2D eigenvalue weighted by Crippen LogP contribution is 2.53. The molecule has 0 saturated carbocycles. The molecule has 7 rings (SSSR count). The lowest BCUT2D eigenvalue weighted by Crippen LogP contribution is -2.11. The van der Waals surface area contributed by atoms with E-state index in [0.717, 1.165) is 12.8 Å². The Hall–Kier alpha value is -4.10. The van der Waals surface area contributed by atoms with E-state index in [1.807, 2.05) is 0 Å². The molecule has 0 radical (unpaired) electrons. The van der Waals surface area contributed by atoms with Crippen LogP contribution in [0.25, 0.3) is 5.57 Å². The van der Waals surface area contributed by atoms with Crippen molar-refractivity contribution >= 4 is 5.57 Å². The molecule has 3 aromatic carbocycles. The molecule has 3 aromatic rings. The average Bonchev–Trinajstić information content (AvgIpc) is 3.71. The minimum absolute atomic E-state index is 0.296. The molecule has 0 amide bonds. The fourth-order valence-corrected chi connectivity index (χ4v) is 6.86. The lowest BCUT2D eigenvalue weighted by atomic mass is 9.79. The van der Waals surface area contributed by atoms with Crippen LogP contribution < -0.4 is 0 Å². The summed E-state index contributed by atoms with van der Waals surface area (Å²) in [6.07, 6.45) is 21.3. The molecule has 4 aliphatic rings. The molecule has 0 heterocycles. The van der Waals surface area contributed by atoms with Crippen LogP contribution in [0.3, 0.4) is 0 Å². The molecule has 0 aliphatic heterocycles. The van der Waals surface area contributed by atoms with Gasteiger partial charge in [-0.1, -0.05) is 121 Å². The van der Waals surface area contributed by atoms with Crippen LogP contribution in [-0.2, 0) is 0 Å². The fourth-order valence-electron chi connectivity index (χ4n) is 6.86.